The molecule has 1 aromatic rings. The van der Waals surface area contributed by atoms with Gasteiger partial charge in [-0.05, 0) is 26.0 Å². The highest BCUT2D eigenvalue weighted by atomic mass is 16.7. The van der Waals surface area contributed by atoms with Crippen molar-refractivity contribution in [3.05, 3.63) is 35.4 Å². The van der Waals surface area contributed by atoms with Crippen molar-refractivity contribution in [2.75, 3.05) is 7.11 Å². The smallest absolute Gasteiger partial charge is 0.337 e. The van der Waals surface area contributed by atoms with Crippen LogP contribution in [0.3, 0.4) is 0 Å². The lowest BCUT2D eigenvalue weighted by Crippen LogP contribution is -2.33. The molecule has 0 amide bonds. The summed E-state index contributed by atoms with van der Waals surface area (Å²) in [6.45, 7) is 3.32. The molecule has 1 heterocycles. The lowest BCUT2D eigenvalue weighted by Gasteiger charge is -2.11. The van der Waals surface area contributed by atoms with Crippen LogP contribution in [0.2, 0.25) is 0 Å². The topological polar surface area (TPSA) is 65.0 Å². The van der Waals surface area contributed by atoms with Crippen molar-refractivity contribution in [2.24, 2.45) is 5.16 Å². The van der Waals surface area contributed by atoms with Crippen molar-refractivity contribution in [3.8, 4) is 0 Å². The fourth-order valence-electron chi connectivity index (χ4n) is 1.59. The second-order valence-corrected chi connectivity index (χ2v) is 4.44. The van der Waals surface area contributed by atoms with Crippen molar-refractivity contribution in [1.82, 2.24) is 0 Å². The summed E-state index contributed by atoms with van der Waals surface area (Å²) in [6, 6.07) is 6.46. The number of carbonyl (C=O) groups is 2. The van der Waals surface area contributed by atoms with E-state index in [0.29, 0.717) is 11.1 Å². The molecule has 0 N–H and O–H groups in total. The lowest BCUT2D eigenvalue weighted by molar-refractivity contribution is -0.128. The average molecular weight is 247 g/mol. The minimum Gasteiger partial charge on any atom is -0.465 e. The number of hydrogen-bond donors (Lipinski definition) is 0. The van der Waals surface area contributed by atoms with Crippen molar-refractivity contribution in [2.45, 2.75) is 19.4 Å². The number of nitrogens with zero attached hydrogens (tertiary/aromatic N) is 1. The van der Waals surface area contributed by atoms with E-state index in [9.17, 15) is 9.59 Å². The molecule has 5 heteroatoms. The Morgan fingerprint density at radius 3 is 2.33 bits per heavy atom. The zero-order chi connectivity index (χ0) is 13.3. The van der Waals surface area contributed by atoms with Crippen LogP contribution in [-0.2, 0) is 14.4 Å². The Morgan fingerprint density at radius 1 is 1.28 bits per heavy atom. The zero-order valence-electron chi connectivity index (χ0n) is 10.4. The zero-order valence-corrected chi connectivity index (χ0v) is 10.4. The maximum absolute atomic E-state index is 12.0. The van der Waals surface area contributed by atoms with Crippen LogP contribution in [0.25, 0.3) is 0 Å². The molecule has 0 saturated heterocycles. The Morgan fingerprint density at radius 2 is 1.89 bits per heavy atom. The third kappa shape index (κ3) is 1.99. The van der Waals surface area contributed by atoms with Crippen LogP contribution in [0.15, 0.2) is 29.4 Å². The van der Waals surface area contributed by atoms with Gasteiger partial charge in [0.05, 0.1) is 12.7 Å². The van der Waals surface area contributed by atoms with Crippen LogP contribution in [0.5, 0.6) is 0 Å². The normalized spacial score (nSPS) is 17.1. The molecule has 5 nitrogen and oxygen atoms in total. The summed E-state index contributed by atoms with van der Waals surface area (Å²) in [5, 5.41) is 3.79. The number of rotatable bonds is 2. The molecule has 0 radical (unpaired) electrons. The molecule has 0 aromatic heterocycles. The quantitative estimate of drug-likeness (QED) is 0.744. The Hall–Kier alpha value is -2.17. The maximum atomic E-state index is 12.0. The Balaban J connectivity index is 2.27. The SMILES string of the molecule is COC(=O)c1ccc(C2=NOC(C)(C)C2=O)cc1. The number of Topliss-reactive ketones (excluding diaryl/α,β-unsaturated/α-hetero) is 1. The van der Waals surface area contributed by atoms with Crippen LogP contribution < -0.4 is 0 Å². The van der Waals surface area contributed by atoms with Crippen molar-refractivity contribution < 1.29 is 19.2 Å². The van der Waals surface area contributed by atoms with Gasteiger partial charge in [0.1, 0.15) is 0 Å². The fourth-order valence-corrected chi connectivity index (χ4v) is 1.59. The van der Waals surface area contributed by atoms with Crippen LogP contribution in [0.1, 0.15) is 29.8 Å². The van der Waals surface area contributed by atoms with E-state index in [2.05, 4.69) is 9.89 Å². The lowest BCUT2D eigenvalue weighted by atomic mass is 9.96. The predicted molar refractivity (Wildman–Crippen MR) is 64.5 cm³/mol. The van der Waals surface area contributed by atoms with E-state index in [1.54, 1.807) is 38.1 Å². The average Bonchev–Trinajstić information content (AvgIpc) is 2.64. The third-order valence-corrected chi connectivity index (χ3v) is 2.71. The Bertz CT molecular complexity index is 528. The van der Waals surface area contributed by atoms with Crippen LogP contribution in [0, 0.1) is 0 Å². The molecule has 18 heavy (non-hydrogen) atoms. The van der Waals surface area contributed by atoms with Gasteiger partial charge < -0.3 is 9.57 Å². The van der Waals surface area contributed by atoms with Crippen LogP contribution in [-0.4, -0.2) is 30.2 Å². The number of ketones is 1. The van der Waals surface area contributed by atoms with E-state index in [4.69, 9.17) is 4.84 Å². The molecule has 0 spiro atoms. The van der Waals surface area contributed by atoms with Crippen molar-refractivity contribution >= 4 is 17.5 Å². The van der Waals surface area contributed by atoms with Crippen molar-refractivity contribution in [3.63, 3.8) is 0 Å². The van der Waals surface area contributed by atoms with Gasteiger partial charge in [-0.1, -0.05) is 17.3 Å². The standard InChI is InChI=1S/C13H13NO4/c1-13(2)11(15)10(14-18-13)8-4-6-9(7-5-8)12(16)17-3/h4-7H,1-3H3. The van der Waals surface area contributed by atoms with E-state index < -0.39 is 11.6 Å². The van der Waals surface area contributed by atoms with E-state index >= 15 is 0 Å². The summed E-state index contributed by atoms with van der Waals surface area (Å²) in [4.78, 5) is 28.3. The van der Waals surface area contributed by atoms with Gasteiger partial charge in [-0.2, -0.15) is 0 Å². The third-order valence-electron chi connectivity index (χ3n) is 2.71. The number of hydrogen-bond acceptors (Lipinski definition) is 5. The van der Waals surface area contributed by atoms with E-state index in [1.807, 2.05) is 0 Å². The summed E-state index contributed by atoms with van der Waals surface area (Å²) in [5.74, 6) is -0.592. The van der Waals surface area contributed by atoms with Gasteiger partial charge in [0, 0.05) is 5.56 Å². The van der Waals surface area contributed by atoms with Gasteiger partial charge >= 0.3 is 5.97 Å². The molecule has 1 aliphatic heterocycles. The Kier molecular flexibility index (Phi) is 2.90. The summed E-state index contributed by atoms with van der Waals surface area (Å²) < 4.78 is 4.60. The van der Waals surface area contributed by atoms with Gasteiger partial charge in [0.15, 0.2) is 11.3 Å². The summed E-state index contributed by atoms with van der Waals surface area (Å²) in [7, 11) is 1.32. The molecule has 0 fully saturated rings. The molecule has 1 aliphatic rings. The molecule has 2 rings (SSSR count). The van der Waals surface area contributed by atoms with Gasteiger partial charge in [-0.3, -0.25) is 4.79 Å². The first-order valence-corrected chi connectivity index (χ1v) is 5.45. The molecule has 94 valence electrons. The van der Waals surface area contributed by atoms with Gasteiger partial charge in [-0.15, -0.1) is 0 Å². The summed E-state index contributed by atoms with van der Waals surface area (Å²) in [6.07, 6.45) is 0. The van der Waals surface area contributed by atoms with Gasteiger partial charge in [0.25, 0.3) is 0 Å². The predicted octanol–water partition coefficient (Wildman–Crippen LogP) is 1.56. The van der Waals surface area contributed by atoms with Crippen LogP contribution in [0.4, 0.5) is 0 Å². The first-order chi connectivity index (χ1) is 8.45. The number of ether oxygens (including phenoxy) is 1. The van der Waals surface area contributed by atoms with E-state index in [1.165, 1.54) is 7.11 Å². The highest BCUT2D eigenvalue weighted by Crippen LogP contribution is 2.22. The number of esters is 1. The maximum Gasteiger partial charge on any atom is 0.337 e. The summed E-state index contributed by atoms with van der Waals surface area (Å²) in [5.41, 5.74) is 0.401. The number of benzene rings is 1. The highest BCUT2D eigenvalue weighted by molar-refractivity contribution is 6.49. The first-order valence-electron chi connectivity index (χ1n) is 5.45. The molecular weight excluding hydrogens is 234 g/mol. The van der Waals surface area contributed by atoms with Crippen molar-refractivity contribution in [1.29, 1.82) is 0 Å². The second kappa shape index (κ2) is 4.25. The molecule has 0 saturated carbocycles. The van der Waals surface area contributed by atoms with Crippen LogP contribution >= 0.6 is 0 Å². The van der Waals surface area contributed by atoms with E-state index in [-0.39, 0.29) is 11.5 Å². The first kappa shape index (κ1) is 12.3. The molecular formula is C13H13NO4. The highest BCUT2D eigenvalue weighted by Gasteiger charge is 2.40. The monoisotopic (exact) mass is 247 g/mol. The molecule has 0 unspecified atom stereocenters. The second-order valence-electron chi connectivity index (χ2n) is 4.44. The molecule has 0 bridgehead atoms. The number of oxime groups is 1. The summed E-state index contributed by atoms with van der Waals surface area (Å²) >= 11 is 0. The van der Waals surface area contributed by atoms with Gasteiger partial charge in [-0.25, -0.2) is 4.79 Å². The largest absolute Gasteiger partial charge is 0.465 e. The minimum absolute atomic E-state index is 0.173. The van der Waals surface area contributed by atoms with Gasteiger partial charge in [0.2, 0.25) is 5.78 Å². The Labute approximate surface area is 104 Å². The fraction of sp³-hybridized carbons (Fsp3) is 0.308. The molecule has 0 atom stereocenters. The minimum atomic E-state index is -0.920. The molecule has 1 aromatic carbocycles. The number of methoxy groups -OCH3 is 1. The molecule has 0 aliphatic carbocycles. The number of carbonyl (C=O) groups excluding carboxylic acids is 2. The van der Waals surface area contributed by atoms with E-state index in [0.717, 1.165) is 0 Å².